The Balaban J connectivity index is 2.51. The molecule has 0 aromatic heterocycles. The van der Waals surface area contributed by atoms with Crippen molar-refractivity contribution in [3.63, 3.8) is 0 Å². The molecule has 0 fully saturated rings. The van der Waals surface area contributed by atoms with Crippen LogP contribution in [-0.4, -0.2) is 25.8 Å². The summed E-state index contributed by atoms with van der Waals surface area (Å²) in [5, 5.41) is 3.35. The molecule has 19 heavy (non-hydrogen) atoms. The zero-order chi connectivity index (χ0) is 14.1. The molecular weight excluding hydrogens is 241 g/mol. The van der Waals surface area contributed by atoms with Gasteiger partial charge in [0, 0.05) is 6.61 Å². The lowest BCUT2D eigenvalue weighted by Gasteiger charge is -2.18. The molecule has 1 aromatic rings. The molecule has 3 heteroatoms. The highest BCUT2D eigenvalue weighted by atomic mass is 19.1. The molecule has 0 aliphatic carbocycles. The molecule has 1 unspecified atom stereocenters. The summed E-state index contributed by atoms with van der Waals surface area (Å²) in [5.41, 5.74) is 0.801. The van der Waals surface area contributed by atoms with Crippen LogP contribution >= 0.6 is 0 Å². The summed E-state index contributed by atoms with van der Waals surface area (Å²) in [6.07, 6.45) is 1.98. The zero-order valence-electron chi connectivity index (χ0n) is 12.3. The largest absolute Gasteiger partial charge is 0.379 e. The summed E-state index contributed by atoms with van der Waals surface area (Å²) in [7, 11) is 0. The summed E-state index contributed by atoms with van der Waals surface area (Å²) < 4.78 is 19.3. The predicted molar refractivity (Wildman–Crippen MR) is 77.8 cm³/mol. The Labute approximate surface area is 116 Å². The lowest BCUT2D eigenvalue weighted by molar-refractivity contribution is 0.0682. The molecule has 2 nitrogen and oxygen atoms in total. The zero-order valence-corrected chi connectivity index (χ0v) is 12.3. The van der Waals surface area contributed by atoms with Gasteiger partial charge in [-0.25, -0.2) is 4.39 Å². The topological polar surface area (TPSA) is 21.3 Å². The number of hydrogen-bond donors (Lipinski definition) is 1. The molecule has 108 valence electrons. The van der Waals surface area contributed by atoms with E-state index in [1.165, 1.54) is 6.07 Å². The van der Waals surface area contributed by atoms with Crippen molar-refractivity contribution >= 4 is 0 Å². The van der Waals surface area contributed by atoms with E-state index in [2.05, 4.69) is 12.2 Å². The molecule has 0 aliphatic rings. The Morgan fingerprint density at radius 3 is 2.63 bits per heavy atom. The molecular formula is C16H26FNO. The maximum Gasteiger partial charge on any atom is 0.126 e. The fourth-order valence-electron chi connectivity index (χ4n) is 2.07. The third-order valence-electron chi connectivity index (χ3n) is 3.13. The monoisotopic (exact) mass is 267 g/mol. The van der Waals surface area contributed by atoms with Crippen LogP contribution in [0.1, 0.15) is 32.8 Å². The minimum absolute atomic E-state index is 0.103. The molecule has 1 rings (SSSR count). The first-order valence-corrected chi connectivity index (χ1v) is 7.19. The van der Waals surface area contributed by atoms with Gasteiger partial charge in [0.25, 0.3) is 0 Å². The van der Waals surface area contributed by atoms with E-state index in [1.807, 2.05) is 26.0 Å². The Morgan fingerprint density at radius 2 is 2.00 bits per heavy atom. The maximum atomic E-state index is 13.7. The van der Waals surface area contributed by atoms with Gasteiger partial charge >= 0.3 is 0 Å². The maximum absolute atomic E-state index is 13.7. The van der Waals surface area contributed by atoms with E-state index < -0.39 is 0 Å². The molecule has 0 heterocycles. The highest BCUT2D eigenvalue weighted by Crippen LogP contribution is 2.15. The van der Waals surface area contributed by atoms with E-state index in [0.29, 0.717) is 5.92 Å². The lowest BCUT2D eigenvalue weighted by atomic mass is 9.96. The Morgan fingerprint density at radius 1 is 1.26 bits per heavy atom. The SMILES string of the molecule is CCNCC(CCOC(C)C)Cc1ccccc1F. The summed E-state index contributed by atoms with van der Waals surface area (Å²) >= 11 is 0. The van der Waals surface area contributed by atoms with Crippen molar-refractivity contribution in [2.24, 2.45) is 5.92 Å². The van der Waals surface area contributed by atoms with E-state index in [4.69, 9.17) is 4.74 Å². The van der Waals surface area contributed by atoms with Gasteiger partial charge in [-0.05, 0) is 57.3 Å². The smallest absolute Gasteiger partial charge is 0.126 e. The van der Waals surface area contributed by atoms with Gasteiger partial charge in [0.15, 0.2) is 0 Å². The van der Waals surface area contributed by atoms with Crippen LogP contribution in [0.2, 0.25) is 0 Å². The van der Waals surface area contributed by atoms with Crippen LogP contribution in [0.3, 0.4) is 0 Å². The molecule has 0 spiro atoms. The minimum Gasteiger partial charge on any atom is -0.379 e. The van der Waals surface area contributed by atoms with Crippen molar-refractivity contribution in [3.05, 3.63) is 35.6 Å². The number of nitrogens with one attached hydrogen (secondary N) is 1. The van der Waals surface area contributed by atoms with E-state index in [9.17, 15) is 4.39 Å². The number of rotatable bonds is 9. The van der Waals surface area contributed by atoms with Gasteiger partial charge in [0.05, 0.1) is 6.10 Å². The molecule has 0 aliphatic heterocycles. The average molecular weight is 267 g/mol. The van der Waals surface area contributed by atoms with Crippen LogP contribution < -0.4 is 5.32 Å². The summed E-state index contributed by atoms with van der Waals surface area (Å²) in [6.45, 7) is 8.75. The minimum atomic E-state index is -0.103. The fraction of sp³-hybridized carbons (Fsp3) is 0.625. The van der Waals surface area contributed by atoms with Crippen LogP contribution in [0.5, 0.6) is 0 Å². The number of halogens is 1. The average Bonchev–Trinajstić information content (AvgIpc) is 2.37. The van der Waals surface area contributed by atoms with E-state index in [0.717, 1.165) is 38.1 Å². The molecule has 0 saturated heterocycles. The van der Waals surface area contributed by atoms with Crippen LogP contribution in [0, 0.1) is 11.7 Å². The van der Waals surface area contributed by atoms with Gasteiger partial charge in [0.2, 0.25) is 0 Å². The van der Waals surface area contributed by atoms with E-state index in [-0.39, 0.29) is 11.9 Å². The van der Waals surface area contributed by atoms with Crippen LogP contribution in [-0.2, 0) is 11.2 Å². The lowest BCUT2D eigenvalue weighted by Crippen LogP contribution is -2.25. The molecule has 0 radical (unpaired) electrons. The standard InChI is InChI=1S/C16H26FNO/c1-4-18-12-14(9-10-19-13(2)3)11-15-7-5-6-8-16(15)17/h5-8,13-14,18H,4,9-12H2,1-3H3. The van der Waals surface area contributed by atoms with Crippen LogP contribution in [0.4, 0.5) is 4.39 Å². The number of benzene rings is 1. The summed E-state index contributed by atoms with van der Waals surface area (Å²) in [5.74, 6) is 0.310. The van der Waals surface area contributed by atoms with Gasteiger partial charge in [-0.3, -0.25) is 0 Å². The van der Waals surface area contributed by atoms with E-state index in [1.54, 1.807) is 6.07 Å². The van der Waals surface area contributed by atoms with Crippen molar-refractivity contribution in [2.45, 2.75) is 39.7 Å². The fourth-order valence-corrected chi connectivity index (χ4v) is 2.07. The Kier molecular flexibility index (Phi) is 7.68. The quantitative estimate of drug-likeness (QED) is 0.740. The molecule has 0 saturated carbocycles. The molecule has 0 amide bonds. The normalized spacial score (nSPS) is 12.9. The van der Waals surface area contributed by atoms with Gasteiger partial charge in [0.1, 0.15) is 5.82 Å². The van der Waals surface area contributed by atoms with Gasteiger partial charge in [-0.1, -0.05) is 25.1 Å². The Bertz CT molecular complexity index is 354. The first-order chi connectivity index (χ1) is 9.13. The predicted octanol–water partition coefficient (Wildman–Crippen LogP) is 3.41. The van der Waals surface area contributed by atoms with Crippen LogP contribution in [0.15, 0.2) is 24.3 Å². The summed E-state index contributed by atoms with van der Waals surface area (Å²) in [6, 6.07) is 7.04. The number of ether oxygens (including phenoxy) is 1. The molecule has 1 atom stereocenters. The van der Waals surface area contributed by atoms with Crippen molar-refractivity contribution in [3.8, 4) is 0 Å². The highest BCUT2D eigenvalue weighted by Gasteiger charge is 2.12. The van der Waals surface area contributed by atoms with Gasteiger partial charge in [-0.15, -0.1) is 0 Å². The van der Waals surface area contributed by atoms with Crippen LogP contribution in [0.25, 0.3) is 0 Å². The third kappa shape index (κ3) is 6.69. The molecule has 1 aromatic carbocycles. The Hall–Kier alpha value is -0.930. The molecule has 1 N–H and O–H groups in total. The first-order valence-electron chi connectivity index (χ1n) is 7.19. The summed E-state index contributed by atoms with van der Waals surface area (Å²) in [4.78, 5) is 0. The number of hydrogen-bond acceptors (Lipinski definition) is 2. The van der Waals surface area contributed by atoms with Crippen molar-refractivity contribution < 1.29 is 9.13 Å². The van der Waals surface area contributed by atoms with Crippen molar-refractivity contribution in [2.75, 3.05) is 19.7 Å². The second-order valence-corrected chi connectivity index (χ2v) is 5.18. The van der Waals surface area contributed by atoms with Crippen molar-refractivity contribution in [1.82, 2.24) is 5.32 Å². The third-order valence-corrected chi connectivity index (χ3v) is 3.13. The highest BCUT2D eigenvalue weighted by molar-refractivity contribution is 5.17. The van der Waals surface area contributed by atoms with Gasteiger partial charge in [-0.2, -0.15) is 0 Å². The molecule has 0 bridgehead atoms. The van der Waals surface area contributed by atoms with Crippen molar-refractivity contribution in [1.29, 1.82) is 0 Å². The second kappa shape index (κ2) is 9.05. The van der Waals surface area contributed by atoms with E-state index >= 15 is 0 Å². The second-order valence-electron chi connectivity index (χ2n) is 5.18. The van der Waals surface area contributed by atoms with Gasteiger partial charge < -0.3 is 10.1 Å². The first kappa shape index (κ1) is 16.1.